The average Bonchev–Trinajstić information content (AvgIpc) is 3.33. The van der Waals surface area contributed by atoms with Crippen molar-refractivity contribution in [1.82, 2.24) is 4.59 Å². The van der Waals surface area contributed by atoms with Crippen molar-refractivity contribution in [3.8, 4) is 5.75 Å². The monoisotopic (exact) mass is 476 g/mol. The molecule has 4 rings (SSSR count). The van der Waals surface area contributed by atoms with E-state index in [1.54, 1.807) is 18.9 Å². The first-order valence-corrected chi connectivity index (χ1v) is 12.4. The summed E-state index contributed by atoms with van der Waals surface area (Å²) < 4.78 is 5.46. The molecule has 0 aromatic heterocycles. The number of amides is 1. The topological polar surface area (TPSA) is 103 Å². The molecular formula is C26H30N5O2S+. The molecule has 0 spiro atoms. The molecule has 4 N–H and O–H groups in total. The number of quaternary nitrogens is 1. The SMILES string of the molecule is CCC1=N[N+](C2=NCC(C(N)=O)(c3ccccc3SC)C=C2)(c2ccc(OC)cc2CN)C=C1. The Bertz CT molecular complexity index is 1240. The number of carbonyl (C=O) groups excluding carboxylic acids is 1. The van der Waals surface area contributed by atoms with Crippen molar-refractivity contribution in [3.63, 3.8) is 0 Å². The lowest BCUT2D eigenvalue weighted by Gasteiger charge is -2.33. The minimum absolute atomic E-state index is 0.0508. The molecule has 2 aromatic carbocycles. The van der Waals surface area contributed by atoms with Gasteiger partial charge in [0.25, 0.3) is 5.84 Å². The molecule has 0 aliphatic carbocycles. The zero-order valence-electron chi connectivity index (χ0n) is 19.7. The van der Waals surface area contributed by atoms with Gasteiger partial charge in [0.15, 0.2) is 5.69 Å². The lowest BCUT2D eigenvalue weighted by Crippen LogP contribution is -2.49. The van der Waals surface area contributed by atoms with Gasteiger partial charge >= 0.3 is 0 Å². The summed E-state index contributed by atoms with van der Waals surface area (Å²) in [6.45, 7) is 2.59. The van der Waals surface area contributed by atoms with Crippen molar-refractivity contribution < 1.29 is 9.53 Å². The van der Waals surface area contributed by atoms with Gasteiger partial charge in [0.05, 0.1) is 13.7 Å². The number of amidine groups is 1. The molecular weight excluding hydrogens is 446 g/mol. The fourth-order valence-electron chi connectivity index (χ4n) is 4.45. The molecule has 2 atom stereocenters. The van der Waals surface area contributed by atoms with Gasteiger partial charge in [-0.1, -0.05) is 40.9 Å². The number of nitrogens with zero attached hydrogens (tertiary/aromatic N) is 3. The molecule has 2 aliphatic rings. The van der Waals surface area contributed by atoms with Crippen LogP contribution in [0.4, 0.5) is 5.69 Å². The van der Waals surface area contributed by atoms with Gasteiger partial charge < -0.3 is 16.2 Å². The van der Waals surface area contributed by atoms with Crippen molar-refractivity contribution in [3.05, 3.63) is 78.0 Å². The lowest BCUT2D eigenvalue weighted by atomic mass is 9.78. The number of carbonyl (C=O) groups is 1. The van der Waals surface area contributed by atoms with E-state index in [0.29, 0.717) is 12.4 Å². The Balaban J connectivity index is 1.84. The molecule has 0 saturated heterocycles. The standard InChI is InChI=1S/C26H29N5O2S/c1-4-19-12-14-31(30-19,22-10-9-20(33-2)15-18(22)16-27)24-11-13-26(17-29-24,25(28)32)21-7-5-6-8-23(21)34-3/h5-15H,4,16-17,27H2,1-3H3,(H-,28,32)/p+1. The molecule has 0 radical (unpaired) electrons. The van der Waals surface area contributed by atoms with Gasteiger partial charge in [0.2, 0.25) is 5.91 Å². The first kappa shape index (κ1) is 23.9. The van der Waals surface area contributed by atoms with Gasteiger partial charge in [-0.05, 0) is 36.4 Å². The van der Waals surface area contributed by atoms with Crippen LogP contribution in [-0.4, -0.2) is 37.4 Å². The van der Waals surface area contributed by atoms with Crippen molar-refractivity contribution in [1.29, 1.82) is 0 Å². The van der Waals surface area contributed by atoms with Crippen LogP contribution in [0.15, 0.2) is 81.9 Å². The number of thioether (sulfide) groups is 1. The molecule has 8 heteroatoms. The predicted molar refractivity (Wildman–Crippen MR) is 140 cm³/mol. The fourth-order valence-corrected chi connectivity index (χ4v) is 5.14. The summed E-state index contributed by atoms with van der Waals surface area (Å²) in [7, 11) is 1.63. The summed E-state index contributed by atoms with van der Waals surface area (Å²) >= 11 is 1.59. The second kappa shape index (κ2) is 9.58. The van der Waals surface area contributed by atoms with Crippen LogP contribution in [0.25, 0.3) is 0 Å². The highest BCUT2D eigenvalue weighted by atomic mass is 32.2. The molecule has 2 aliphatic heterocycles. The maximum atomic E-state index is 12.8. The molecule has 34 heavy (non-hydrogen) atoms. The number of rotatable bonds is 7. The van der Waals surface area contributed by atoms with Crippen molar-refractivity contribution in [2.24, 2.45) is 21.6 Å². The molecule has 0 saturated carbocycles. The maximum absolute atomic E-state index is 12.8. The summed E-state index contributed by atoms with van der Waals surface area (Å²) in [4.78, 5) is 18.7. The first-order valence-electron chi connectivity index (χ1n) is 11.2. The largest absolute Gasteiger partial charge is 0.497 e. The summed E-state index contributed by atoms with van der Waals surface area (Å²) in [5.74, 6) is 0.993. The number of benzene rings is 2. The summed E-state index contributed by atoms with van der Waals surface area (Å²) in [6.07, 6.45) is 10.6. The Labute approximate surface area is 204 Å². The van der Waals surface area contributed by atoms with E-state index < -0.39 is 11.3 Å². The van der Waals surface area contributed by atoms with Gasteiger partial charge in [-0.25, -0.2) is 4.99 Å². The van der Waals surface area contributed by atoms with E-state index in [0.717, 1.165) is 39.6 Å². The van der Waals surface area contributed by atoms with Crippen molar-refractivity contribution in [2.75, 3.05) is 19.9 Å². The fraction of sp³-hybridized carbons (Fsp3) is 0.269. The molecule has 2 heterocycles. The zero-order valence-corrected chi connectivity index (χ0v) is 20.5. The van der Waals surface area contributed by atoms with Crippen molar-refractivity contribution in [2.45, 2.75) is 30.2 Å². The number of allylic oxidation sites excluding steroid dienone is 1. The van der Waals surface area contributed by atoms with Crippen LogP contribution >= 0.6 is 11.8 Å². The summed E-state index contributed by atoms with van der Waals surface area (Å²) in [5.41, 5.74) is 14.7. The highest BCUT2D eigenvalue weighted by Gasteiger charge is 2.46. The highest BCUT2D eigenvalue weighted by molar-refractivity contribution is 7.98. The smallest absolute Gasteiger partial charge is 0.259 e. The van der Waals surface area contributed by atoms with Gasteiger partial charge in [-0.2, -0.15) is 0 Å². The van der Waals surface area contributed by atoms with Crippen LogP contribution in [0.3, 0.4) is 0 Å². The molecule has 2 aromatic rings. The number of aliphatic imine (C=N–C) groups is 1. The Morgan fingerprint density at radius 3 is 2.62 bits per heavy atom. The molecule has 0 bridgehead atoms. The second-order valence-corrected chi connectivity index (χ2v) is 9.04. The van der Waals surface area contributed by atoms with Crippen LogP contribution < -0.4 is 20.8 Å². The van der Waals surface area contributed by atoms with E-state index in [1.165, 1.54) is 0 Å². The molecule has 7 nitrogen and oxygen atoms in total. The molecule has 1 amide bonds. The molecule has 0 fully saturated rings. The predicted octanol–water partition coefficient (Wildman–Crippen LogP) is 3.87. The zero-order chi connectivity index (χ0) is 24.3. The number of dihydropyridines is 1. The number of nitrogens with two attached hydrogens (primary N) is 2. The van der Waals surface area contributed by atoms with E-state index in [2.05, 4.69) is 6.92 Å². The number of hydrogen-bond acceptors (Lipinski definition) is 6. The third-order valence-electron chi connectivity index (χ3n) is 6.39. The van der Waals surface area contributed by atoms with Crippen LogP contribution in [-0.2, 0) is 16.8 Å². The first-order chi connectivity index (χ1) is 16.4. The summed E-state index contributed by atoms with van der Waals surface area (Å²) in [6, 6.07) is 13.6. The van der Waals surface area contributed by atoms with Gasteiger partial charge in [0, 0.05) is 35.2 Å². The number of ether oxygens (including phenoxy) is 1. The lowest BCUT2D eigenvalue weighted by molar-refractivity contribution is -0.121. The quantitative estimate of drug-likeness (QED) is 0.468. The van der Waals surface area contributed by atoms with Crippen LogP contribution in [0.5, 0.6) is 5.75 Å². The van der Waals surface area contributed by atoms with E-state index in [4.69, 9.17) is 26.3 Å². The van der Waals surface area contributed by atoms with Gasteiger partial charge in [-0.3, -0.25) is 4.79 Å². The Morgan fingerprint density at radius 1 is 1.24 bits per heavy atom. The Hall–Kier alpha value is -3.20. The van der Waals surface area contributed by atoms with E-state index in [1.807, 2.05) is 73.1 Å². The molecule has 176 valence electrons. The Kier molecular flexibility index (Phi) is 6.74. The average molecular weight is 477 g/mol. The highest BCUT2D eigenvalue weighted by Crippen LogP contribution is 2.39. The normalized spacial score (nSPS) is 23.5. The Morgan fingerprint density at radius 2 is 2.03 bits per heavy atom. The third-order valence-corrected chi connectivity index (χ3v) is 7.18. The van der Waals surface area contributed by atoms with Crippen molar-refractivity contribution >= 4 is 34.9 Å². The second-order valence-electron chi connectivity index (χ2n) is 8.19. The van der Waals surface area contributed by atoms with E-state index in [9.17, 15) is 4.79 Å². The van der Waals surface area contributed by atoms with Crippen LogP contribution in [0.1, 0.15) is 24.5 Å². The van der Waals surface area contributed by atoms with E-state index in [-0.39, 0.29) is 11.1 Å². The molecule has 2 unspecified atom stereocenters. The van der Waals surface area contributed by atoms with E-state index >= 15 is 0 Å². The van der Waals surface area contributed by atoms with Gasteiger partial charge in [0.1, 0.15) is 23.1 Å². The third kappa shape index (κ3) is 3.87. The number of methoxy groups -OCH3 is 1. The minimum atomic E-state index is -1.02. The minimum Gasteiger partial charge on any atom is -0.497 e. The van der Waals surface area contributed by atoms with Crippen LogP contribution in [0, 0.1) is 0 Å². The number of hydrogen-bond donors (Lipinski definition) is 2. The van der Waals surface area contributed by atoms with Gasteiger partial charge in [-0.15, -0.1) is 11.8 Å². The van der Waals surface area contributed by atoms with Crippen LogP contribution in [0.2, 0.25) is 0 Å². The maximum Gasteiger partial charge on any atom is 0.259 e. The number of primary amides is 1. The summed E-state index contributed by atoms with van der Waals surface area (Å²) in [5, 5.41) is 5.04.